The number of carbonyl (C=O) groups excluding carboxylic acids is 1. The fourth-order valence-corrected chi connectivity index (χ4v) is 5.21. The zero-order chi connectivity index (χ0) is 21.4. The maximum absolute atomic E-state index is 12.4. The molecule has 2 heterocycles. The Morgan fingerprint density at radius 1 is 1.37 bits per heavy atom. The molecule has 0 fully saturated rings. The number of ether oxygens (including phenoxy) is 2. The molecule has 0 radical (unpaired) electrons. The number of fused-ring (bicyclic) bond motifs is 1. The van der Waals surface area contributed by atoms with E-state index in [1.54, 1.807) is 18.5 Å². The molecule has 0 bridgehead atoms. The van der Waals surface area contributed by atoms with Gasteiger partial charge in [0.15, 0.2) is 4.88 Å². The number of methoxy groups -OCH3 is 1. The Hall–Kier alpha value is -2.29. The lowest BCUT2D eigenvalue weighted by Crippen LogP contribution is -2.07. The van der Waals surface area contributed by atoms with Crippen LogP contribution >= 0.6 is 38.9 Å². The van der Waals surface area contributed by atoms with E-state index in [1.165, 1.54) is 18.4 Å². The van der Waals surface area contributed by atoms with Crippen molar-refractivity contribution in [2.75, 3.05) is 7.11 Å². The molecule has 6 nitrogen and oxygen atoms in total. The Labute approximate surface area is 190 Å². The SMILES string of the molecule is COC(=O)c1sc(-n2cnc3c2C(Br)=C(O)CC3)cc1O[C@H](C)c1ccccc1Cl. The molecule has 156 valence electrons. The third kappa shape index (κ3) is 3.75. The van der Waals surface area contributed by atoms with Gasteiger partial charge in [0.25, 0.3) is 0 Å². The van der Waals surface area contributed by atoms with Crippen molar-refractivity contribution in [1.82, 2.24) is 9.55 Å². The quantitative estimate of drug-likeness (QED) is 0.422. The van der Waals surface area contributed by atoms with Gasteiger partial charge in [0, 0.05) is 23.1 Å². The maximum atomic E-state index is 12.4. The molecule has 2 aromatic heterocycles. The summed E-state index contributed by atoms with van der Waals surface area (Å²) in [7, 11) is 1.33. The van der Waals surface area contributed by atoms with Crippen molar-refractivity contribution < 1.29 is 19.4 Å². The fourth-order valence-electron chi connectivity index (χ4n) is 3.31. The van der Waals surface area contributed by atoms with Gasteiger partial charge in [0.05, 0.1) is 23.0 Å². The Kier molecular flexibility index (Phi) is 5.90. The third-order valence-electron chi connectivity index (χ3n) is 4.84. The summed E-state index contributed by atoms with van der Waals surface area (Å²) < 4.78 is 13.5. The number of aliphatic hydroxyl groups excluding tert-OH is 1. The van der Waals surface area contributed by atoms with E-state index < -0.39 is 5.97 Å². The minimum absolute atomic E-state index is 0.276. The maximum Gasteiger partial charge on any atom is 0.351 e. The summed E-state index contributed by atoms with van der Waals surface area (Å²) >= 11 is 11.0. The number of benzene rings is 1. The molecule has 1 atom stereocenters. The van der Waals surface area contributed by atoms with E-state index in [0.717, 1.165) is 22.0 Å². The molecule has 9 heteroatoms. The second-order valence-corrected chi connectivity index (χ2v) is 8.95. The summed E-state index contributed by atoms with van der Waals surface area (Å²) in [6, 6.07) is 9.19. The number of carbonyl (C=O) groups is 1. The van der Waals surface area contributed by atoms with Gasteiger partial charge in [-0.05, 0) is 35.3 Å². The zero-order valence-corrected chi connectivity index (χ0v) is 19.3. The molecule has 0 saturated heterocycles. The highest BCUT2D eigenvalue weighted by molar-refractivity contribution is 9.15. The van der Waals surface area contributed by atoms with Gasteiger partial charge in [0.2, 0.25) is 0 Å². The predicted octanol–water partition coefficient (Wildman–Crippen LogP) is 6.08. The monoisotopic (exact) mass is 508 g/mol. The Morgan fingerprint density at radius 3 is 2.87 bits per heavy atom. The number of aryl methyl sites for hydroxylation is 1. The van der Waals surface area contributed by atoms with Crippen LogP contribution in [0.4, 0.5) is 0 Å². The van der Waals surface area contributed by atoms with Crippen LogP contribution in [-0.4, -0.2) is 27.7 Å². The van der Waals surface area contributed by atoms with Gasteiger partial charge in [-0.15, -0.1) is 11.3 Å². The number of aliphatic hydroxyl groups is 1. The highest BCUT2D eigenvalue weighted by Crippen LogP contribution is 2.40. The second-order valence-electron chi connectivity index (χ2n) is 6.72. The standard InChI is InChI=1S/C21H18BrClN2O4S/c1-11(12-5-3-4-6-13(12)23)29-16-9-17(30-20(16)21(27)28-2)25-10-24-14-7-8-15(26)18(22)19(14)25/h3-6,9-11,26H,7-8H2,1-2H3/t11-/m1/s1. The van der Waals surface area contributed by atoms with Gasteiger partial charge in [-0.1, -0.05) is 29.8 Å². The average Bonchev–Trinajstić information content (AvgIpc) is 3.35. The van der Waals surface area contributed by atoms with Crippen molar-refractivity contribution in [3.8, 4) is 10.8 Å². The van der Waals surface area contributed by atoms with Crippen molar-refractivity contribution in [3.05, 3.63) is 69.3 Å². The van der Waals surface area contributed by atoms with Crippen molar-refractivity contribution in [2.45, 2.75) is 25.9 Å². The number of hydrogen-bond donors (Lipinski definition) is 1. The van der Waals surface area contributed by atoms with Crippen LogP contribution in [0.1, 0.15) is 46.1 Å². The predicted molar refractivity (Wildman–Crippen MR) is 120 cm³/mol. The molecule has 0 amide bonds. The number of rotatable bonds is 5. The molecule has 3 aromatic rings. The molecular weight excluding hydrogens is 492 g/mol. The molecule has 4 rings (SSSR count). The van der Waals surface area contributed by atoms with E-state index in [-0.39, 0.29) is 11.9 Å². The number of thiophene rings is 1. The van der Waals surface area contributed by atoms with Crippen LogP contribution in [-0.2, 0) is 11.2 Å². The van der Waals surface area contributed by atoms with Crippen molar-refractivity contribution >= 4 is 49.3 Å². The largest absolute Gasteiger partial charge is 0.511 e. The molecule has 0 saturated carbocycles. The number of hydrogen-bond acceptors (Lipinski definition) is 6. The lowest BCUT2D eigenvalue weighted by molar-refractivity contribution is 0.0600. The van der Waals surface area contributed by atoms with E-state index >= 15 is 0 Å². The van der Waals surface area contributed by atoms with Gasteiger partial charge in [0.1, 0.15) is 28.9 Å². The highest BCUT2D eigenvalue weighted by Gasteiger charge is 2.27. The number of aromatic nitrogens is 2. The van der Waals surface area contributed by atoms with Crippen LogP contribution in [0.5, 0.6) is 5.75 Å². The average molecular weight is 510 g/mol. The summed E-state index contributed by atoms with van der Waals surface area (Å²) in [4.78, 5) is 17.2. The van der Waals surface area contributed by atoms with Crippen molar-refractivity contribution in [2.24, 2.45) is 0 Å². The Bertz CT molecular complexity index is 1150. The molecule has 1 aromatic carbocycles. The van der Waals surface area contributed by atoms with Crippen LogP contribution in [0.15, 0.2) is 42.4 Å². The Balaban J connectivity index is 1.75. The molecule has 30 heavy (non-hydrogen) atoms. The van der Waals surface area contributed by atoms with Crippen molar-refractivity contribution in [1.29, 1.82) is 0 Å². The first-order valence-electron chi connectivity index (χ1n) is 9.18. The van der Waals surface area contributed by atoms with Crippen LogP contribution in [0.3, 0.4) is 0 Å². The van der Waals surface area contributed by atoms with Crippen LogP contribution in [0.25, 0.3) is 9.48 Å². The van der Waals surface area contributed by atoms with Crippen LogP contribution < -0.4 is 4.74 Å². The normalized spacial score (nSPS) is 14.4. The molecular formula is C21H18BrClN2O4S. The van der Waals surface area contributed by atoms with E-state index in [2.05, 4.69) is 20.9 Å². The van der Waals surface area contributed by atoms with Gasteiger partial charge < -0.3 is 14.6 Å². The molecule has 0 unspecified atom stereocenters. The molecule has 1 aliphatic carbocycles. The van der Waals surface area contributed by atoms with E-state index in [1.807, 2.05) is 29.7 Å². The smallest absolute Gasteiger partial charge is 0.351 e. The summed E-state index contributed by atoms with van der Waals surface area (Å²) in [5, 5.41) is 11.5. The topological polar surface area (TPSA) is 73.6 Å². The highest BCUT2D eigenvalue weighted by atomic mass is 79.9. The minimum atomic E-state index is -0.487. The third-order valence-corrected chi connectivity index (χ3v) is 7.12. The lowest BCUT2D eigenvalue weighted by atomic mass is 10.1. The molecule has 0 aliphatic heterocycles. The number of halogens is 2. The first kappa shape index (κ1) is 21.0. The fraction of sp³-hybridized carbons (Fsp3) is 0.238. The van der Waals surface area contributed by atoms with Gasteiger partial charge in [-0.3, -0.25) is 4.57 Å². The van der Waals surface area contributed by atoms with Gasteiger partial charge in [-0.25, -0.2) is 9.78 Å². The molecule has 1 N–H and O–H groups in total. The van der Waals surface area contributed by atoms with Crippen molar-refractivity contribution in [3.63, 3.8) is 0 Å². The zero-order valence-electron chi connectivity index (χ0n) is 16.2. The minimum Gasteiger partial charge on any atom is -0.511 e. The first-order chi connectivity index (χ1) is 14.4. The van der Waals surface area contributed by atoms with Gasteiger partial charge in [-0.2, -0.15) is 0 Å². The van der Waals surface area contributed by atoms with E-state index in [0.29, 0.717) is 33.0 Å². The number of imidazole rings is 1. The Morgan fingerprint density at radius 2 is 2.13 bits per heavy atom. The molecule has 0 spiro atoms. The lowest BCUT2D eigenvalue weighted by Gasteiger charge is -2.16. The van der Waals surface area contributed by atoms with E-state index in [4.69, 9.17) is 21.1 Å². The summed E-state index contributed by atoms with van der Waals surface area (Å²) in [6.45, 7) is 1.87. The first-order valence-corrected chi connectivity index (χ1v) is 11.2. The summed E-state index contributed by atoms with van der Waals surface area (Å²) in [5.41, 5.74) is 2.46. The summed E-state index contributed by atoms with van der Waals surface area (Å²) in [5.74, 6) is 0.189. The summed E-state index contributed by atoms with van der Waals surface area (Å²) in [6.07, 6.45) is 2.48. The second kappa shape index (κ2) is 8.45. The van der Waals surface area contributed by atoms with E-state index in [9.17, 15) is 9.90 Å². The van der Waals surface area contributed by atoms with Gasteiger partial charge >= 0.3 is 5.97 Å². The molecule has 1 aliphatic rings. The van der Waals surface area contributed by atoms with Crippen LogP contribution in [0, 0.1) is 0 Å². The number of allylic oxidation sites excluding steroid dienone is 1. The number of nitrogens with zero attached hydrogens (tertiary/aromatic N) is 2. The van der Waals surface area contributed by atoms with Crippen LogP contribution in [0.2, 0.25) is 5.02 Å². The number of esters is 1.